The molecule has 0 saturated heterocycles. The van der Waals surface area contributed by atoms with Crippen molar-refractivity contribution >= 4 is 26.7 Å². The second-order valence-electron chi connectivity index (χ2n) is 4.77. The van der Waals surface area contributed by atoms with Crippen molar-refractivity contribution in [2.45, 2.75) is 19.4 Å². The van der Waals surface area contributed by atoms with E-state index in [0.29, 0.717) is 0 Å². The highest BCUT2D eigenvalue weighted by Crippen LogP contribution is 2.37. The van der Waals surface area contributed by atoms with Crippen LogP contribution >= 0.6 is 15.9 Å². The summed E-state index contributed by atoms with van der Waals surface area (Å²) in [5.41, 5.74) is 2.60. The van der Waals surface area contributed by atoms with Crippen LogP contribution in [0.2, 0.25) is 0 Å². The Morgan fingerprint density at radius 2 is 2.00 bits per heavy atom. The summed E-state index contributed by atoms with van der Waals surface area (Å²) in [4.78, 5) is 0. The van der Waals surface area contributed by atoms with Gasteiger partial charge >= 0.3 is 0 Å². The molecule has 0 fully saturated rings. The van der Waals surface area contributed by atoms with Crippen LogP contribution in [0.1, 0.15) is 25.0 Å². The molecule has 92 valence electrons. The summed E-state index contributed by atoms with van der Waals surface area (Å²) in [7, 11) is 0. The third kappa shape index (κ3) is 2.11. The zero-order valence-electron chi connectivity index (χ0n) is 10.3. The smallest absolute Gasteiger partial charge is 0.0880 e. The first kappa shape index (κ1) is 11.9. The van der Waals surface area contributed by atoms with Crippen molar-refractivity contribution in [3.8, 4) is 0 Å². The van der Waals surface area contributed by atoms with Crippen LogP contribution in [-0.4, -0.2) is 6.61 Å². The minimum atomic E-state index is 0.161. The first-order chi connectivity index (χ1) is 8.75. The lowest BCUT2D eigenvalue weighted by atomic mass is 9.97. The van der Waals surface area contributed by atoms with Crippen LogP contribution < -0.4 is 0 Å². The van der Waals surface area contributed by atoms with E-state index in [4.69, 9.17) is 4.74 Å². The van der Waals surface area contributed by atoms with Crippen molar-refractivity contribution in [3.63, 3.8) is 0 Å². The SMILES string of the molecule is CC1=CCC(c2c(Br)ccc3ccccc23)OC1. The van der Waals surface area contributed by atoms with Crippen molar-refractivity contribution < 1.29 is 4.74 Å². The van der Waals surface area contributed by atoms with Crippen molar-refractivity contribution in [1.29, 1.82) is 0 Å². The average molecular weight is 303 g/mol. The van der Waals surface area contributed by atoms with Crippen LogP contribution in [0.3, 0.4) is 0 Å². The van der Waals surface area contributed by atoms with Crippen LogP contribution in [0.5, 0.6) is 0 Å². The number of fused-ring (bicyclic) bond motifs is 1. The lowest BCUT2D eigenvalue weighted by Crippen LogP contribution is -2.11. The predicted octanol–water partition coefficient (Wildman–Crippen LogP) is 5.01. The fourth-order valence-electron chi connectivity index (χ4n) is 2.46. The van der Waals surface area contributed by atoms with Crippen LogP contribution in [0, 0.1) is 0 Å². The largest absolute Gasteiger partial charge is 0.369 e. The molecule has 0 aromatic heterocycles. The summed E-state index contributed by atoms with van der Waals surface area (Å²) in [5.74, 6) is 0. The molecule has 2 heteroatoms. The van der Waals surface area contributed by atoms with Gasteiger partial charge in [-0.15, -0.1) is 0 Å². The summed E-state index contributed by atoms with van der Waals surface area (Å²) in [6.07, 6.45) is 3.40. The Balaban J connectivity index is 2.13. The second-order valence-corrected chi connectivity index (χ2v) is 5.62. The van der Waals surface area contributed by atoms with E-state index >= 15 is 0 Å². The molecular formula is C16H15BrO. The maximum Gasteiger partial charge on any atom is 0.0880 e. The van der Waals surface area contributed by atoms with Gasteiger partial charge in [0.05, 0.1) is 12.7 Å². The minimum absolute atomic E-state index is 0.161. The first-order valence-electron chi connectivity index (χ1n) is 6.20. The molecular weight excluding hydrogens is 288 g/mol. The summed E-state index contributed by atoms with van der Waals surface area (Å²) >= 11 is 3.67. The summed E-state index contributed by atoms with van der Waals surface area (Å²) in [6, 6.07) is 12.7. The van der Waals surface area contributed by atoms with Gasteiger partial charge in [-0.05, 0) is 30.2 Å². The Bertz CT molecular complexity index is 616. The van der Waals surface area contributed by atoms with Gasteiger partial charge in [-0.2, -0.15) is 0 Å². The molecule has 1 aliphatic rings. The number of rotatable bonds is 1. The summed E-state index contributed by atoms with van der Waals surface area (Å²) < 4.78 is 7.11. The molecule has 0 spiro atoms. The van der Waals surface area contributed by atoms with Gasteiger partial charge in [-0.3, -0.25) is 0 Å². The van der Waals surface area contributed by atoms with Crippen molar-refractivity contribution in [1.82, 2.24) is 0 Å². The van der Waals surface area contributed by atoms with Crippen LogP contribution in [0.25, 0.3) is 10.8 Å². The lowest BCUT2D eigenvalue weighted by molar-refractivity contribution is 0.0622. The second kappa shape index (κ2) is 4.87. The molecule has 0 amide bonds. The molecule has 3 rings (SSSR count). The van der Waals surface area contributed by atoms with Crippen molar-refractivity contribution in [2.75, 3.05) is 6.61 Å². The van der Waals surface area contributed by atoms with Crippen molar-refractivity contribution in [3.05, 3.63) is 58.1 Å². The molecule has 2 aromatic carbocycles. The van der Waals surface area contributed by atoms with E-state index in [9.17, 15) is 0 Å². The van der Waals surface area contributed by atoms with E-state index in [2.05, 4.69) is 65.3 Å². The Hall–Kier alpha value is -1.12. The predicted molar refractivity (Wildman–Crippen MR) is 78.7 cm³/mol. The molecule has 1 unspecified atom stereocenters. The topological polar surface area (TPSA) is 9.23 Å². The van der Waals surface area contributed by atoms with E-state index in [-0.39, 0.29) is 6.10 Å². The molecule has 2 aromatic rings. The minimum Gasteiger partial charge on any atom is -0.369 e. The highest BCUT2D eigenvalue weighted by atomic mass is 79.9. The Labute approximate surface area is 116 Å². The molecule has 1 nitrogen and oxygen atoms in total. The summed E-state index contributed by atoms with van der Waals surface area (Å²) in [6.45, 7) is 2.86. The number of hydrogen-bond donors (Lipinski definition) is 0. The highest BCUT2D eigenvalue weighted by molar-refractivity contribution is 9.10. The first-order valence-corrected chi connectivity index (χ1v) is 6.99. The number of benzene rings is 2. The number of halogens is 1. The fourth-order valence-corrected chi connectivity index (χ4v) is 3.07. The monoisotopic (exact) mass is 302 g/mol. The maximum absolute atomic E-state index is 5.97. The third-order valence-electron chi connectivity index (χ3n) is 3.43. The number of ether oxygens (including phenoxy) is 1. The Morgan fingerprint density at radius 3 is 2.78 bits per heavy atom. The molecule has 18 heavy (non-hydrogen) atoms. The third-order valence-corrected chi connectivity index (χ3v) is 4.12. The molecule has 0 N–H and O–H groups in total. The van der Waals surface area contributed by atoms with Gasteiger partial charge in [0.15, 0.2) is 0 Å². The van der Waals surface area contributed by atoms with E-state index in [1.807, 2.05) is 0 Å². The highest BCUT2D eigenvalue weighted by Gasteiger charge is 2.19. The normalized spacial score (nSPS) is 19.9. The molecule has 1 heterocycles. The van der Waals surface area contributed by atoms with Crippen molar-refractivity contribution in [2.24, 2.45) is 0 Å². The lowest BCUT2D eigenvalue weighted by Gasteiger charge is -2.24. The van der Waals surface area contributed by atoms with Crippen LogP contribution in [-0.2, 0) is 4.74 Å². The molecule has 1 atom stereocenters. The standard InChI is InChI=1S/C16H15BrO/c1-11-6-9-15(18-10-11)16-13-5-3-2-4-12(13)7-8-14(16)17/h2-8,15H,9-10H2,1H3. The van der Waals surface area contributed by atoms with Gasteiger partial charge < -0.3 is 4.74 Å². The Morgan fingerprint density at radius 1 is 1.17 bits per heavy atom. The van der Waals surface area contributed by atoms with E-state index in [1.165, 1.54) is 21.9 Å². The van der Waals surface area contributed by atoms with Gasteiger partial charge in [0.25, 0.3) is 0 Å². The number of hydrogen-bond acceptors (Lipinski definition) is 1. The Kier molecular flexibility index (Phi) is 3.23. The zero-order valence-corrected chi connectivity index (χ0v) is 11.9. The van der Waals surface area contributed by atoms with Crippen LogP contribution in [0.4, 0.5) is 0 Å². The fraction of sp³-hybridized carbons (Fsp3) is 0.250. The van der Waals surface area contributed by atoms with Gasteiger partial charge in [0.1, 0.15) is 0 Å². The zero-order chi connectivity index (χ0) is 12.5. The molecule has 0 saturated carbocycles. The van der Waals surface area contributed by atoms with Gasteiger partial charge in [-0.25, -0.2) is 0 Å². The van der Waals surface area contributed by atoms with E-state index in [0.717, 1.165) is 17.5 Å². The van der Waals surface area contributed by atoms with Gasteiger partial charge in [0.2, 0.25) is 0 Å². The maximum atomic E-state index is 5.97. The average Bonchev–Trinajstić information content (AvgIpc) is 2.40. The van der Waals surface area contributed by atoms with Crippen LogP contribution in [0.15, 0.2) is 52.5 Å². The van der Waals surface area contributed by atoms with E-state index < -0.39 is 0 Å². The van der Waals surface area contributed by atoms with Gasteiger partial charge in [0, 0.05) is 10.0 Å². The van der Waals surface area contributed by atoms with Gasteiger partial charge in [-0.1, -0.05) is 57.9 Å². The quantitative estimate of drug-likeness (QED) is 0.673. The molecule has 0 aliphatic carbocycles. The summed E-state index contributed by atoms with van der Waals surface area (Å²) in [5, 5.41) is 2.55. The molecule has 0 bridgehead atoms. The molecule has 0 radical (unpaired) electrons. The molecule has 1 aliphatic heterocycles. The van der Waals surface area contributed by atoms with E-state index in [1.54, 1.807) is 0 Å².